The Balaban J connectivity index is 1.21. The summed E-state index contributed by atoms with van der Waals surface area (Å²) in [4.78, 5) is 26.3. The minimum Gasteiger partial charge on any atom is -0.490 e. The van der Waals surface area contributed by atoms with E-state index in [-0.39, 0.29) is 17.4 Å². The van der Waals surface area contributed by atoms with Crippen LogP contribution in [-0.4, -0.2) is 50.7 Å². The number of ether oxygens (including phenoxy) is 1. The highest BCUT2D eigenvalue weighted by atomic mass is 19.4. The van der Waals surface area contributed by atoms with Crippen LogP contribution in [-0.2, 0) is 6.18 Å². The van der Waals surface area contributed by atoms with Crippen molar-refractivity contribution in [1.82, 2.24) is 24.8 Å². The van der Waals surface area contributed by atoms with Crippen molar-refractivity contribution in [3.05, 3.63) is 77.9 Å². The summed E-state index contributed by atoms with van der Waals surface area (Å²) < 4.78 is 48.7. The fourth-order valence-electron chi connectivity index (χ4n) is 4.80. The van der Waals surface area contributed by atoms with Crippen molar-refractivity contribution in [3.63, 3.8) is 0 Å². The van der Waals surface area contributed by atoms with Crippen molar-refractivity contribution in [3.8, 4) is 11.6 Å². The van der Waals surface area contributed by atoms with Gasteiger partial charge in [0.15, 0.2) is 0 Å². The summed E-state index contributed by atoms with van der Waals surface area (Å²) in [5, 5.41) is 12.5. The summed E-state index contributed by atoms with van der Waals surface area (Å²) in [7, 11) is 0. The van der Waals surface area contributed by atoms with Crippen molar-refractivity contribution in [1.29, 1.82) is 0 Å². The third-order valence-corrected chi connectivity index (χ3v) is 7.30. The first kappa shape index (κ1) is 28.5. The zero-order valence-electron chi connectivity index (χ0n) is 23.4. The maximum atomic E-state index is 13.7. The number of amides is 1. The lowest BCUT2D eigenvalue weighted by molar-refractivity contribution is -0.137. The van der Waals surface area contributed by atoms with Crippen LogP contribution < -0.4 is 26.0 Å². The Bertz CT molecular complexity index is 1610. The summed E-state index contributed by atoms with van der Waals surface area (Å²) >= 11 is 0. The summed E-state index contributed by atoms with van der Waals surface area (Å²) in [6, 6.07) is 10.6. The van der Waals surface area contributed by atoms with E-state index >= 15 is 0 Å². The number of aryl methyl sites for hydroxylation is 1. The summed E-state index contributed by atoms with van der Waals surface area (Å²) in [5.74, 6) is 1.17. The molecule has 4 N–H and O–H groups in total. The van der Waals surface area contributed by atoms with Gasteiger partial charge >= 0.3 is 6.18 Å². The number of piperidine rings is 1. The van der Waals surface area contributed by atoms with Crippen molar-refractivity contribution in [2.75, 3.05) is 29.0 Å². The molecule has 1 amide bonds. The lowest BCUT2D eigenvalue weighted by Crippen LogP contribution is -2.34. The van der Waals surface area contributed by atoms with Crippen LogP contribution in [0.4, 0.5) is 36.3 Å². The van der Waals surface area contributed by atoms with E-state index in [4.69, 9.17) is 4.74 Å². The fourth-order valence-corrected chi connectivity index (χ4v) is 4.80. The normalized spacial score (nSPS) is 15.6. The van der Waals surface area contributed by atoms with Gasteiger partial charge in [0.05, 0.1) is 5.56 Å². The van der Waals surface area contributed by atoms with Gasteiger partial charge in [0.2, 0.25) is 5.95 Å². The Hall–Kier alpha value is -4.65. The molecule has 2 aliphatic rings. The third-order valence-electron chi connectivity index (χ3n) is 7.30. The lowest BCUT2D eigenvalue weighted by atomic mass is 10.1. The van der Waals surface area contributed by atoms with Crippen LogP contribution in [0.3, 0.4) is 0 Å². The molecule has 4 aromatic rings. The van der Waals surface area contributed by atoms with E-state index in [0.717, 1.165) is 49.4 Å². The van der Waals surface area contributed by atoms with Gasteiger partial charge in [-0.1, -0.05) is 6.07 Å². The number of nitrogens with one attached hydrogen (secondary N) is 4. The highest BCUT2D eigenvalue weighted by molar-refractivity contribution is 6.05. The van der Waals surface area contributed by atoms with Crippen LogP contribution in [0.2, 0.25) is 0 Å². The van der Waals surface area contributed by atoms with Crippen molar-refractivity contribution >= 4 is 29.0 Å². The highest BCUT2D eigenvalue weighted by Crippen LogP contribution is 2.34. The first-order valence-corrected chi connectivity index (χ1v) is 14.1. The molecule has 0 unspecified atom stereocenters. The number of imidazole rings is 1. The van der Waals surface area contributed by atoms with Crippen molar-refractivity contribution < 1.29 is 22.7 Å². The smallest absolute Gasteiger partial charge is 0.416 e. The Morgan fingerprint density at radius 2 is 1.84 bits per heavy atom. The number of anilines is 4. The molecule has 2 aromatic carbocycles. The molecular weight excluding hydrogens is 561 g/mol. The number of aromatic nitrogens is 4. The predicted molar refractivity (Wildman–Crippen MR) is 156 cm³/mol. The van der Waals surface area contributed by atoms with Crippen molar-refractivity contribution in [2.24, 2.45) is 0 Å². The van der Waals surface area contributed by atoms with Crippen molar-refractivity contribution in [2.45, 2.75) is 50.9 Å². The highest BCUT2D eigenvalue weighted by Gasteiger charge is 2.32. The predicted octanol–water partition coefficient (Wildman–Crippen LogP) is 5.69. The maximum Gasteiger partial charge on any atom is 0.416 e. The first-order chi connectivity index (χ1) is 20.7. The topological polar surface area (TPSA) is 118 Å². The number of halogens is 3. The van der Waals surface area contributed by atoms with Crippen LogP contribution in [0, 0.1) is 6.92 Å². The zero-order valence-corrected chi connectivity index (χ0v) is 23.4. The van der Waals surface area contributed by atoms with Crippen LogP contribution in [0.1, 0.15) is 47.2 Å². The van der Waals surface area contributed by atoms with Gasteiger partial charge in [0.1, 0.15) is 29.8 Å². The van der Waals surface area contributed by atoms with E-state index in [0.29, 0.717) is 42.0 Å². The molecule has 2 aromatic heterocycles. The number of alkyl halides is 3. The largest absolute Gasteiger partial charge is 0.490 e. The van der Waals surface area contributed by atoms with E-state index in [1.807, 2.05) is 13.0 Å². The Kier molecular flexibility index (Phi) is 7.89. The van der Waals surface area contributed by atoms with Gasteiger partial charge in [0.25, 0.3) is 5.91 Å². The number of carbonyl (C=O) groups is 1. The molecule has 43 heavy (non-hydrogen) atoms. The molecule has 224 valence electrons. The molecule has 0 spiro atoms. The van der Waals surface area contributed by atoms with Gasteiger partial charge in [-0.25, -0.2) is 15.0 Å². The average molecular weight is 593 g/mol. The second-order valence-corrected chi connectivity index (χ2v) is 10.7. The molecule has 0 radical (unpaired) electrons. The Morgan fingerprint density at radius 1 is 1.02 bits per heavy atom. The van der Waals surface area contributed by atoms with E-state index < -0.39 is 17.6 Å². The number of benzene rings is 2. The molecule has 1 aliphatic heterocycles. The maximum absolute atomic E-state index is 13.7. The van der Waals surface area contributed by atoms with Gasteiger partial charge in [-0.15, -0.1) is 0 Å². The number of nitrogens with zero attached hydrogens (tertiary/aromatic N) is 4. The van der Waals surface area contributed by atoms with Crippen LogP contribution in [0.15, 0.2) is 61.2 Å². The van der Waals surface area contributed by atoms with Crippen LogP contribution in [0.5, 0.6) is 5.75 Å². The van der Waals surface area contributed by atoms with E-state index in [1.165, 1.54) is 12.4 Å². The summed E-state index contributed by atoms with van der Waals surface area (Å²) in [6.45, 7) is 3.33. The monoisotopic (exact) mass is 592 g/mol. The van der Waals surface area contributed by atoms with E-state index in [9.17, 15) is 18.0 Å². The van der Waals surface area contributed by atoms with E-state index in [2.05, 4.69) is 36.2 Å². The van der Waals surface area contributed by atoms with E-state index in [1.54, 1.807) is 35.2 Å². The molecule has 0 bridgehead atoms. The standard InChI is InChI=1S/C30H31F3N8O2/c1-18-2-3-22(15-25(18)40-29-35-10-11-41(29)27-16-26(36-17-37-27)38-21-4-5-21)39-28(42)19-12-20(30(31,32)33)14-24(13-19)43-23-6-8-34-9-7-23/h2-3,10-17,21,23,34H,4-9H2,1H3,(H,35,40)(H,39,42)(H,36,37,38). The number of rotatable bonds is 9. The molecule has 0 atom stereocenters. The molecule has 13 heteroatoms. The fraction of sp³-hybridized carbons (Fsp3) is 0.333. The molecule has 2 fully saturated rings. The number of carbonyl (C=O) groups excluding carboxylic acids is 1. The van der Waals surface area contributed by atoms with Gasteiger partial charge in [-0.05, 0) is 81.6 Å². The molecular formula is C30H31F3N8O2. The zero-order chi connectivity index (χ0) is 30.0. The lowest BCUT2D eigenvalue weighted by Gasteiger charge is -2.24. The minimum absolute atomic E-state index is 0.0187. The number of hydrogen-bond donors (Lipinski definition) is 4. The Labute approximate surface area is 246 Å². The van der Waals surface area contributed by atoms with Crippen LogP contribution in [0.25, 0.3) is 5.82 Å². The molecule has 10 nitrogen and oxygen atoms in total. The van der Waals surface area contributed by atoms with Gasteiger partial charge < -0.3 is 26.0 Å². The van der Waals surface area contributed by atoms with Crippen LogP contribution >= 0.6 is 0 Å². The summed E-state index contributed by atoms with van der Waals surface area (Å²) in [6.07, 6.45) is 3.61. The Morgan fingerprint density at radius 3 is 2.60 bits per heavy atom. The molecule has 1 saturated carbocycles. The van der Waals surface area contributed by atoms with Gasteiger partial charge in [-0.2, -0.15) is 13.2 Å². The van der Waals surface area contributed by atoms with Gasteiger partial charge in [-0.3, -0.25) is 9.36 Å². The third kappa shape index (κ3) is 7.05. The molecule has 6 rings (SSSR count). The molecule has 1 aliphatic carbocycles. The average Bonchev–Trinajstić information content (AvgIpc) is 3.68. The minimum atomic E-state index is -4.64. The molecule has 1 saturated heterocycles. The molecule has 3 heterocycles. The second-order valence-electron chi connectivity index (χ2n) is 10.7. The first-order valence-electron chi connectivity index (χ1n) is 14.1. The quantitative estimate of drug-likeness (QED) is 0.196. The number of hydrogen-bond acceptors (Lipinski definition) is 8. The summed E-state index contributed by atoms with van der Waals surface area (Å²) in [5.41, 5.74) is 0.816. The SMILES string of the molecule is Cc1ccc(NC(=O)c2cc(OC3CCNCC3)cc(C(F)(F)F)c2)cc1Nc1nccn1-c1cc(NC2CC2)ncn1. The second kappa shape index (κ2) is 11.9. The van der Waals surface area contributed by atoms with Gasteiger partial charge in [0, 0.05) is 41.4 Å².